The molecule has 4 heteroatoms. The topological polar surface area (TPSA) is 9.23 Å². The molecule has 0 heterocycles. The zero-order valence-electron chi connectivity index (χ0n) is 16.0. The molecule has 0 radical (unpaired) electrons. The van der Waals surface area contributed by atoms with Gasteiger partial charge in [0.1, 0.15) is 0 Å². The Bertz CT molecular complexity index is 589. The molecular weight excluding hydrogens is 410 g/mol. The lowest BCUT2D eigenvalue weighted by molar-refractivity contribution is 0.0792. The zero-order valence-corrected chi connectivity index (χ0v) is 19.9. The molecular formula is C21H33BrOP2. The molecule has 0 aromatic heterocycles. The molecule has 140 valence electrons. The number of ether oxygens (including phenoxy) is 1. The molecule has 2 unspecified atom stereocenters. The van der Waals surface area contributed by atoms with Crippen molar-refractivity contribution in [2.75, 3.05) is 6.61 Å². The van der Waals surface area contributed by atoms with E-state index in [0.29, 0.717) is 5.92 Å². The molecule has 1 aromatic rings. The molecule has 0 saturated carbocycles. The smallest absolute Gasteiger partial charge is 0.0973 e. The minimum Gasteiger partial charge on any atom is -0.367 e. The van der Waals surface area contributed by atoms with Crippen LogP contribution >= 0.6 is 34.4 Å². The van der Waals surface area contributed by atoms with E-state index < -0.39 is 0 Å². The molecule has 0 spiro atoms. The van der Waals surface area contributed by atoms with Gasteiger partial charge in [-0.3, -0.25) is 0 Å². The first-order chi connectivity index (χ1) is 11.7. The highest BCUT2D eigenvalue weighted by Crippen LogP contribution is 2.34. The van der Waals surface area contributed by atoms with Crippen LogP contribution in [0.1, 0.15) is 58.9 Å². The number of allylic oxidation sites excluding steroid dienone is 3. The number of rotatable bonds is 10. The lowest BCUT2D eigenvalue weighted by Crippen LogP contribution is -2.17. The lowest BCUT2D eigenvalue weighted by atomic mass is 10.0. The fourth-order valence-corrected chi connectivity index (χ4v) is 3.34. The highest BCUT2D eigenvalue weighted by Gasteiger charge is 2.17. The van der Waals surface area contributed by atoms with Crippen LogP contribution in [0.2, 0.25) is 0 Å². The van der Waals surface area contributed by atoms with Crippen LogP contribution in [0.4, 0.5) is 0 Å². The van der Waals surface area contributed by atoms with E-state index in [2.05, 4.69) is 92.5 Å². The molecule has 3 atom stereocenters. The van der Waals surface area contributed by atoms with Crippen LogP contribution in [0.3, 0.4) is 0 Å². The van der Waals surface area contributed by atoms with Gasteiger partial charge in [0.2, 0.25) is 0 Å². The molecule has 0 N–H and O–H groups in total. The quantitative estimate of drug-likeness (QED) is 0.270. The van der Waals surface area contributed by atoms with E-state index in [0.717, 1.165) is 23.9 Å². The molecule has 1 nitrogen and oxygen atoms in total. The Morgan fingerprint density at radius 1 is 1.20 bits per heavy atom. The highest BCUT2D eigenvalue weighted by molar-refractivity contribution is 9.10. The average molecular weight is 443 g/mol. The second-order valence-electron chi connectivity index (χ2n) is 7.16. The van der Waals surface area contributed by atoms with Gasteiger partial charge in [-0.1, -0.05) is 71.2 Å². The number of benzene rings is 1. The Morgan fingerprint density at radius 2 is 1.92 bits per heavy atom. The van der Waals surface area contributed by atoms with Gasteiger partial charge in [-0.15, -0.1) is 0 Å². The van der Waals surface area contributed by atoms with E-state index in [4.69, 9.17) is 4.74 Å². The van der Waals surface area contributed by atoms with Gasteiger partial charge in [0.25, 0.3) is 0 Å². The van der Waals surface area contributed by atoms with Crippen molar-refractivity contribution in [1.82, 2.24) is 0 Å². The third-order valence-corrected chi connectivity index (χ3v) is 5.50. The zero-order chi connectivity index (χ0) is 18.9. The van der Waals surface area contributed by atoms with E-state index >= 15 is 0 Å². The normalized spacial score (nSPS) is 13.6. The van der Waals surface area contributed by atoms with Crippen LogP contribution in [-0.4, -0.2) is 11.7 Å². The van der Waals surface area contributed by atoms with Gasteiger partial charge in [0.15, 0.2) is 0 Å². The van der Waals surface area contributed by atoms with Crippen LogP contribution in [0.15, 0.2) is 46.5 Å². The highest BCUT2D eigenvalue weighted by atomic mass is 79.9. The second kappa shape index (κ2) is 11.7. The average Bonchev–Trinajstić information content (AvgIpc) is 2.52. The summed E-state index contributed by atoms with van der Waals surface area (Å²) >= 11 is 3.53. The first kappa shape index (κ1) is 23.0. The van der Waals surface area contributed by atoms with Gasteiger partial charge in [-0.2, -0.15) is 0 Å². The summed E-state index contributed by atoms with van der Waals surface area (Å²) in [5.41, 5.74) is 3.92. The van der Waals surface area contributed by atoms with E-state index in [1.54, 1.807) is 0 Å². The summed E-state index contributed by atoms with van der Waals surface area (Å²) in [5, 5.41) is -0.285. The summed E-state index contributed by atoms with van der Waals surface area (Å²) in [6, 6.07) is 8.40. The van der Waals surface area contributed by atoms with E-state index in [-0.39, 0.29) is 5.08 Å². The summed E-state index contributed by atoms with van der Waals surface area (Å²) in [6.45, 7) is 9.58. The molecule has 1 aromatic carbocycles. The maximum Gasteiger partial charge on any atom is 0.0973 e. The SMILES string of the molecule is CC(C)=CCC[C@H](C)CCOC(P)(P)C/C=C(\C)c1cccc(Br)c1. The summed E-state index contributed by atoms with van der Waals surface area (Å²) < 4.78 is 7.20. The van der Waals surface area contributed by atoms with E-state index in [9.17, 15) is 0 Å². The van der Waals surface area contributed by atoms with Gasteiger partial charge in [0.05, 0.1) is 5.08 Å². The van der Waals surface area contributed by atoms with Gasteiger partial charge >= 0.3 is 0 Å². The predicted molar refractivity (Wildman–Crippen MR) is 123 cm³/mol. The number of hydrogen-bond acceptors (Lipinski definition) is 1. The van der Waals surface area contributed by atoms with E-state index in [1.807, 2.05) is 6.07 Å². The fourth-order valence-electron chi connectivity index (χ4n) is 2.47. The van der Waals surface area contributed by atoms with Crippen molar-refractivity contribution in [3.8, 4) is 0 Å². The van der Waals surface area contributed by atoms with Crippen LogP contribution in [0.5, 0.6) is 0 Å². The molecule has 1 rings (SSSR count). The fraction of sp³-hybridized carbons (Fsp3) is 0.524. The van der Waals surface area contributed by atoms with Gasteiger partial charge in [0, 0.05) is 17.5 Å². The van der Waals surface area contributed by atoms with Gasteiger partial charge in [-0.05, 0) is 69.2 Å². The van der Waals surface area contributed by atoms with Crippen molar-refractivity contribution in [2.24, 2.45) is 5.92 Å². The van der Waals surface area contributed by atoms with Crippen molar-refractivity contribution in [2.45, 2.75) is 58.5 Å². The minimum absolute atomic E-state index is 0.285. The van der Waals surface area contributed by atoms with Crippen molar-refractivity contribution in [1.29, 1.82) is 0 Å². The van der Waals surface area contributed by atoms with Crippen LogP contribution in [0.25, 0.3) is 5.57 Å². The summed E-state index contributed by atoms with van der Waals surface area (Å²) in [4.78, 5) is 0. The van der Waals surface area contributed by atoms with Crippen molar-refractivity contribution in [3.05, 3.63) is 52.0 Å². The Morgan fingerprint density at radius 3 is 2.56 bits per heavy atom. The summed E-state index contributed by atoms with van der Waals surface area (Å²) in [7, 11) is 5.67. The Hall–Kier alpha value is 0. The van der Waals surface area contributed by atoms with Crippen LogP contribution < -0.4 is 0 Å². The maximum absolute atomic E-state index is 6.09. The molecule has 0 bridgehead atoms. The van der Waals surface area contributed by atoms with Gasteiger partial charge < -0.3 is 4.74 Å². The Labute approximate surface area is 167 Å². The Kier molecular flexibility index (Phi) is 10.7. The lowest BCUT2D eigenvalue weighted by Gasteiger charge is -2.25. The predicted octanol–water partition coefficient (Wildman–Crippen LogP) is 7.44. The van der Waals surface area contributed by atoms with Crippen LogP contribution in [0, 0.1) is 5.92 Å². The third-order valence-electron chi connectivity index (χ3n) is 4.20. The standard InChI is InChI=1S/C21H33BrOP2/c1-16(2)7-5-8-17(3)12-14-23-21(24,25)13-11-18(4)19-9-6-10-20(22)15-19/h6-7,9-11,15,17H,5,8,12-14,24-25H2,1-4H3/b18-11+/t17-/m0/s1. The Balaban J connectivity index is 2.40. The molecule has 0 fully saturated rings. The molecule has 0 aliphatic rings. The van der Waals surface area contributed by atoms with Crippen LogP contribution in [-0.2, 0) is 4.74 Å². The number of halogens is 1. The minimum atomic E-state index is -0.285. The van der Waals surface area contributed by atoms with Crippen molar-refractivity contribution < 1.29 is 4.74 Å². The largest absolute Gasteiger partial charge is 0.367 e. The second-order valence-corrected chi connectivity index (χ2v) is 10.7. The first-order valence-electron chi connectivity index (χ1n) is 8.97. The molecule has 0 aliphatic carbocycles. The van der Waals surface area contributed by atoms with Gasteiger partial charge in [-0.25, -0.2) is 0 Å². The maximum atomic E-state index is 6.09. The monoisotopic (exact) mass is 442 g/mol. The van der Waals surface area contributed by atoms with Crippen molar-refractivity contribution >= 4 is 40.0 Å². The summed E-state index contributed by atoms with van der Waals surface area (Å²) in [5.74, 6) is 0.695. The molecule has 0 amide bonds. The number of hydrogen-bond donors (Lipinski definition) is 0. The first-order valence-corrected chi connectivity index (χ1v) is 10.9. The molecule has 25 heavy (non-hydrogen) atoms. The van der Waals surface area contributed by atoms with E-state index in [1.165, 1.54) is 29.6 Å². The summed E-state index contributed by atoms with van der Waals surface area (Å²) in [6.07, 6.45) is 8.94. The molecule has 0 aliphatic heterocycles. The molecule has 0 saturated heterocycles. The third kappa shape index (κ3) is 10.7. The van der Waals surface area contributed by atoms with Crippen molar-refractivity contribution in [3.63, 3.8) is 0 Å².